The second kappa shape index (κ2) is 9.59. The third-order valence-electron chi connectivity index (χ3n) is 5.37. The van der Waals surface area contributed by atoms with Crippen molar-refractivity contribution in [3.8, 4) is 0 Å². The van der Waals surface area contributed by atoms with Gasteiger partial charge in [-0.25, -0.2) is 8.42 Å². The Morgan fingerprint density at radius 1 is 1.17 bits per heavy atom. The first kappa shape index (κ1) is 22.3. The minimum atomic E-state index is -3.79. The molecule has 0 aromatic heterocycles. The molecule has 164 valence electrons. The van der Waals surface area contributed by atoms with Crippen LogP contribution < -0.4 is 10.0 Å². The summed E-state index contributed by atoms with van der Waals surface area (Å²) in [5.74, 6) is -0.0323. The number of nitrogens with one attached hydrogen (secondary N) is 2. The highest BCUT2D eigenvalue weighted by molar-refractivity contribution is 7.90. The molecule has 0 saturated carbocycles. The molecule has 1 saturated heterocycles. The Kier molecular flexibility index (Phi) is 7.12. The smallest absolute Gasteiger partial charge is 0.262 e. The summed E-state index contributed by atoms with van der Waals surface area (Å²) in [6.07, 6.45) is 4.89. The second-order valence-corrected chi connectivity index (χ2v) is 9.79. The van der Waals surface area contributed by atoms with Crippen LogP contribution in [0.15, 0.2) is 34.2 Å². The molecule has 1 atom stereocenters. The zero-order chi connectivity index (χ0) is 21.7. The highest BCUT2D eigenvalue weighted by Crippen LogP contribution is 2.22. The fourth-order valence-electron chi connectivity index (χ4n) is 3.77. The van der Waals surface area contributed by atoms with E-state index in [1.807, 2.05) is 13.8 Å². The van der Waals surface area contributed by atoms with E-state index in [4.69, 9.17) is 0 Å². The standard InChI is InChI=1S/C21H30N4O4S/c1-15(2)21(27)25-13-7-10-18(25)20(26)23-16-8-6-9-17(14-16)30(28,29)24-19-11-4-3-5-12-22-19/h6,8-9,14-15,18H,3-5,7,10-13H2,1-2H3,(H,22,24)(H,23,26). The summed E-state index contributed by atoms with van der Waals surface area (Å²) in [7, 11) is -3.79. The van der Waals surface area contributed by atoms with Crippen molar-refractivity contribution in [1.82, 2.24) is 9.62 Å². The van der Waals surface area contributed by atoms with Gasteiger partial charge in [0.25, 0.3) is 10.0 Å². The van der Waals surface area contributed by atoms with Crippen molar-refractivity contribution in [3.63, 3.8) is 0 Å². The van der Waals surface area contributed by atoms with Gasteiger partial charge in [0.2, 0.25) is 11.8 Å². The van der Waals surface area contributed by atoms with Gasteiger partial charge >= 0.3 is 0 Å². The molecule has 0 bridgehead atoms. The third kappa shape index (κ3) is 5.38. The van der Waals surface area contributed by atoms with Gasteiger partial charge in [-0.1, -0.05) is 26.3 Å². The summed E-state index contributed by atoms with van der Waals surface area (Å²) in [4.78, 5) is 31.1. The van der Waals surface area contributed by atoms with Crippen LogP contribution in [-0.4, -0.2) is 50.1 Å². The van der Waals surface area contributed by atoms with E-state index in [9.17, 15) is 18.0 Å². The van der Waals surface area contributed by atoms with E-state index in [0.29, 0.717) is 37.5 Å². The monoisotopic (exact) mass is 434 g/mol. The number of amides is 2. The molecule has 30 heavy (non-hydrogen) atoms. The van der Waals surface area contributed by atoms with Crippen molar-refractivity contribution < 1.29 is 18.0 Å². The van der Waals surface area contributed by atoms with E-state index in [0.717, 1.165) is 25.7 Å². The van der Waals surface area contributed by atoms with Gasteiger partial charge in [-0.3, -0.25) is 19.3 Å². The van der Waals surface area contributed by atoms with Crippen molar-refractivity contribution in [1.29, 1.82) is 0 Å². The number of likely N-dealkylation sites (tertiary alicyclic amines) is 1. The number of carbonyl (C=O) groups excluding carboxylic acids is 2. The molecule has 1 fully saturated rings. The summed E-state index contributed by atoms with van der Waals surface area (Å²) in [6, 6.07) is 5.62. The molecular weight excluding hydrogens is 404 g/mol. The normalized spacial score (nSPS) is 19.9. The van der Waals surface area contributed by atoms with Crippen molar-refractivity contribution in [3.05, 3.63) is 24.3 Å². The Balaban J connectivity index is 1.71. The maximum Gasteiger partial charge on any atom is 0.262 e. The zero-order valence-corrected chi connectivity index (χ0v) is 18.4. The Hall–Kier alpha value is -2.42. The lowest BCUT2D eigenvalue weighted by molar-refractivity contribution is -0.139. The van der Waals surface area contributed by atoms with E-state index in [1.54, 1.807) is 17.0 Å². The van der Waals surface area contributed by atoms with Crippen molar-refractivity contribution >= 4 is 33.4 Å². The Labute approximate surface area is 178 Å². The number of amidine groups is 1. The average Bonchev–Trinajstić information content (AvgIpc) is 3.06. The topological polar surface area (TPSA) is 108 Å². The maximum absolute atomic E-state index is 12.8. The van der Waals surface area contributed by atoms with Crippen LogP contribution >= 0.6 is 0 Å². The largest absolute Gasteiger partial charge is 0.330 e. The second-order valence-electron chi connectivity index (χ2n) is 8.11. The van der Waals surface area contributed by atoms with Gasteiger partial charge in [0.15, 0.2) is 0 Å². The number of benzene rings is 1. The number of aliphatic imine (C=N–C) groups is 1. The summed E-state index contributed by atoms with van der Waals surface area (Å²) in [5.41, 5.74) is 0.384. The number of carbonyl (C=O) groups is 2. The summed E-state index contributed by atoms with van der Waals surface area (Å²) in [5, 5.41) is 2.78. The Bertz CT molecular complexity index is 927. The van der Waals surface area contributed by atoms with Crippen LogP contribution in [0.25, 0.3) is 0 Å². The fraction of sp³-hybridized carbons (Fsp3) is 0.571. The average molecular weight is 435 g/mol. The Morgan fingerprint density at radius 3 is 2.73 bits per heavy atom. The lowest BCUT2D eigenvalue weighted by Crippen LogP contribution is -2.44. The molecule has 3 rings (SSSR count). The van der Waals surface area contributed by atoms with E-state index in [2.05, 4.69) is 15.0 Å². The van der Waals surface area contributed by atoms with Crippen LogP contribution in [0.4, 0.5) is 5.69 Å². The first-order chi connectivity index (χ1) is 14.3. The van der Waals surface area contributed by atoms with Crippen molar-refractivity contribution in [2.24, 2.45) is 10.9 Å². The first-order valence-electron chi connectivity index (χ1n) is 10.6. The molecule has 0 spiro atoms. The summed E-state index contributed by atoms with van der Waals surface area (Å²) >= 11 is 0. The van der Waals surface area contributed by atoms with Crippen molar-refractivity contribution in [2.75, 3.05) is 18.4 Å². The fourth-order valence-corrected chi connectivity index (χ4v) is 4.91. The van der Waals surface area contributed by atoms with Gasteiger partial charge in [0.1, 0.15) is 11.9 Å². The SMILES string of the molecule is CC(C)C(=O)N1CCCC1C(=O)Nc1cccc(S(=O)(=O)NC2=NCCCCC2)c1. The number of hydrogen-bond donors (Lipinski definition) is 2. The zero-order valence-electron chi connectivity index (χ0n) is 17.6. The molecule has 1 aromatic rings. The number of hydrogen-bond acceptors (Lipinski definition) is 5. The lowest BCUT2D eigenvalue weighted by atomic mass is 10.1. The van der Waals surface area contributed by atoms with E-state index in [1.165, 1.54) is 12.1 Å². The van der Waals surface area contributed by atoms with Crippen LogP contribution in [0.5, 0.6) is 0 Å². The van der Waals surface area contributed by atoms with Crippen LogP contribution in [-0.2, 0) is 19.6 Å². The van der Waals surface area contributed by atoms with Crippen LogP contribution in [0, 0.1) is 5.92 Å². The minimum absolute atomic E-state index is 0.0441. The molecule has 2 aliphatic rings. The highest BCUT2D eigenvalue weighted by Gasteiger charge is 2.35. The molecule has 9 heteroatoms. The van der Waals surface area contributed by atoms with E-state index >= 15 is 0 Å². The maximum atomic E-state index is 12.8. The summed E-state index contributed by atoms with van der Waals surface area (Å²) in [6.45, 7) is 4.82. The molecular formula is C21H30N4O4S. The Morgan fingerprint density at radius 2 is 1.97 bits per heavy atom. The van der Waals surface area contributed by atoms with Gasteiger partial charge < -0.3 is 10.2 Å². The molecule has 1 unspecified atom stereocenters. The number of nitrogens with zero attached hydrogens (tertiary/aromatic N) is 2. The van der Waals surface area contributed by atoms with E-state index < -0.39 is 16.1 Å². The molecule has 8 nitrogen and oxygen atoms in total. The number of rotatable bonds is 5. The summed E-state index contributed by atoms with van der Waals surface area (Å²) < 4.78 is 28.1. The number of sulfonamides is 1. The van der Waals surface area contributed by atoms with Gasteiger partial charge in [0, 0.05) is 31.1 Å². The quantitative estimate of drug-likeness (QED) is 0.742. The lowest BCUT2D eigenvalue weighted by Gasteiger charge is -2.25. The van der Waals surface area contributed by atoms with Gasteiger partial charge in [-0.2, -0.15) is 0 Å². The predicted octanol–water partition coefficient (Wildman–Crippen LogP) is 2.52. The molecule has 2 aliphatic heterocycles. The van der Waals surface area contributed by atoms with Crippen LogP contribution in [0.2, 0.25) is 0 Å². The predicted molar refractivity (Wildman–Crippen MR) is 116 cm³/mol. The molecule has 2 amide bonds. The molecule has 0 radical (unpaired) electrons. The third-order valence-corrected chi connectivity index (χ3v) is 6.75. The van der Waals surface area contributed by atoms with Gasteiger partial charge in [-0.05, 0) is 43.9 Å². The van der Waals surface area contributed by atoms with Crippen molar-refractivity contribution in [2.45, 2.75) is 63.3 Å². The highest BCUT2D eigenvalue weighted by atomic mass is 32.2. The molecule has 0 aliphatic carbocycles. The molecule has 2 heterocycles. The first-order valence-corrected chi connectivity index (χ1v) is 12.0. The minimum Gasteiger partial charge on any atom is -0.330 e. The van der Waals surface area contributed by atoms with Gasteiger partial charge in [0.05, 0.1) is 4.90 Å². The van der Waals surface area contributed by atoms with E-state index in [-0.39, 0.29) is 22.6 Å². The van der Waals surface area contributed by atoms with Gasteiger partial charge in [-0.15, -0.1) is 0 Å². The van der Waals surface area contributed by atoms with Crippen LogP contribution in [0.3, 0.4) is 0 Å². The van der Waals surface area contributed by atoms with Crippen LogP contribution in [0.1, 0.15) is 52.4 Å². The molecule has 1 aromatic carbocycles. The number of anilines is 1. The molecule has 2 N–H and O–H groups in total.